The Morgan fingerprint density at radius 1 is 1.47 bits per heavy atom. The van der Waals surface area contributed by atoms with Crippen LogP contribution in [-0.4, -0.2) is 59.4 Å². The molecule has 0 aromatic carbocycles. The third-order valence-electron chi connectivity index (χ3n) is 5.04. The number of amides is 2. The van der Waals surface area contributed by atoms with Gasteiger partial charge in [0, 0.05) is 32.1 Å². The van der Waals surface area contributed by atoms with E-state index in [1.165, 1.54) is 0 Å². The number of piperazine rings is 1. The van der Waals surface area contributed by atoms with Crippen LogP contribution in [0.1, 0.15) is 39.0 Å². The maximum Gasteiger partial charge on any atom is 0.242 e. The molecule has 0 aromatic rings. The van der Waals surface area contributed by atoms with E-state index in [1.807, 2.05) is 9.80 Å². The lowest BCUT2D eigenvalue weighted by atomic mass is 9.91. The molecular formula is C14H23N3O2. The smallest absolute Gasteiger partial charge is 0.242 e. The van der Waals surface area contributed by atoms with Crippen LogP contribution in [0.5, 0.6) is 0 Å². The normalized spacial score (nSPS) is 34.8. The number of hydrogen-bond donors (Lipinski definition) is 1. The van der Waals surface area contributed by atoms with Crippen LogP contribution in [0.4, 0.5) is 0 Å². The SMILES string of the molecule is CCC1(C(=O)N2CCN3C(=O)CCC3C2)CCCN1. The van der Waals surface area contributed by atoms with E-state index in [0.29, 0.717) is 13.0 Å². The van der Waals surface area contributed by atoms with Gasteiger partial charge in [0.1, 0.15) is 0 Å². The highest BCUT2D eigenvalue weighted by Crippen LogP contribution is 2.29. The summed E-state index contributed by atoms with van der Waals surface area (Å²) < 4.78 is 0. The lowest BCUT2D eigenvalue weighted by Crippen LogP contribution is -2.60. The molecule has 0 bridgehead atoms. The van der Waals surface area contributed by atoms with E-state index >= 15 is 0 Å². The van der Waals surface area contributed by atoms with Crippen molar-refractivity contribution in [3.8, 4) is 0 Å². The van der Waals surface area contributed by atoms with Crippen molar-refractivity contribution >= 4 is 11.8 Å². The molecule has 5 heteroatoms. The van der Waals surface area contributed by atoms with Crippen LogP contribution in [-0.2, 0) is 9.59 Å². The Hall–Kier alpha value is -1.10. The summed E-state index contributed by atoms with van der Waals surface area (Å²) in [4.78, 5) is 28.4. The molecule has 1 N–H and O–H groups in total. The van der Waals surface area contributed by atoms with E-state index in [2.05, 4.69) is 12.2 Å². The van der Waals surface area contributed by atoms with Gasteiger partial charge in [0.2, 0.25) is 11.8 Å². The Morgan fingerprint density at radius 2 is 2.32 bits per heavy atom. The number of carbonyl (C=O) groups is 2. The Bertz CT molecular complexity index is 390. The predicted molar refractivity (Wildman–Crippen MR) is 71.6 cm³/mol. The highest BCUT2D eigenvalue weighted by Gasteiger charge is 2.45. The van der Waals surface area contributed by atoms with Gasteiger partial charge in [-0.15, -0.1) is 0 Å². The Balaban J connectivity index is 1.70. The summed E-state index contributed by atoms with van der Waals surface area (Å²) >= 11 is 0. The van der Waals surface area contributed by atoms with Crippen molar-refractivity contribution in [3.63, 3.8) is 0 Å². The monoisotopic (exact) mass is 265 g/mol. The van der Waals surface area contributed by atoms with E-state index < -0.39 is 0 Å². The average molecular weight is 265 g/mol. The summed E-state index contributed by atoms with van der Waals surface area (Å²) in [6, 6.07) is 0.264. The third kappa shape index (κ3) is 2.04. The molecule has 3 aliphatic heterocycles. The van der Waals surface area contributed by atoms with Gasteiger partial charge in [0.05, 0.1) is 5.54 Å². The van der Waals surface area contributed by atoms with Crippen molar-refractivity contribution in [2.45, 2.75) is 50.6 Å². The molecule has 3 saturated heterocycles. The fourth-order valence-corrected chi connectivity index (χ4v) is 3.79. The van der Waals surface area contributed by atoms with Gasteiger partial charge in [-0.3, -0.25) is 9.59 Å². The zero-order valence-electron chi connectivity index (χ0n) is 11.7. The van der Waals surface area contributed by atoms with Gasteiger partial charge in [-0.2, -0.15) is 0 Å². The van der Waals surface area contributed by atoms with Gasteiger partial charge < -0.3 is 15.1 Å². The quantitative estimate of drug-likeness (QED) is 0.784. The summed E-state index contributed by atoms with van der Waals surface area (Å²) in [5.74, 6) is 0.521. The minimum absolute atomic E-state index is 0.256. The lowest BCUT2D eigenvalue weighted by molar-refractivity contribution is -0.144. The van der Waals surface area contributed by atoms with E-state index in [0.717, 1.165) is 45.3 Å². The molecule has 0 saturated carbocycles. The van der Waals surface area contributed by atoms with Crippen LogP contribution in [0.25, 0.3) is 0 Å². The van der Waals surface area contributed by atoms with Crippen molar-refractivity contribution < 1.29 is 9.59 Å². The van der Waals surface area contributed by atoms with Gasteiger partial charge >= 0.3 is 0 Å². The van der Waals surface area contributed by atoms with E-state index in [4.69, 9.17) is 0 Å². The second-order valence-corrected chi connectivity index (χ2v) is 6.00. The van der Waals surface area contributed by atoms with Crippen LogP contribution < -0.4 is 5.32 Å². The predicted octanol–water partition coefficient (Wildman–Crippen LogP) is 0.352. The molecule has 3 rings (SSSR count). The fourth-order valence-electron chi connectivity index (χ4n) is 3.79. The van der Waals surface area contributed by atoms with Gasteiger partial charge in [0.15, 0.2) is 0 Å². The minimum Gasteiger partial charge on any atom is -0.337 e. The van der Waals surface area contributed by atoms with Crippen molar-refractivity contribution in [2.75, 3.05) is 26.2 Å². The standard InChI is InChI=1S/C14H23N3O2/c1-2-14(6-3-7-15-14)13(19)16-8-9-17-11(10-16)4-5-12(17)18/h11,15H,2-10H2,1H3. The first-order valence-electron chi connectivity index (χ1n) is 7.50. The number of nitrogens with one attached hydrogen (secondary N) is 1. The van der Waals surface area contributed by atoms with Crippen molar-refractivity contribution in [3.05, 3.63) is 0 Å². The Morgan fingerprint density at radius 3 is 3.00 bits per heavy atom. The summed E-state index contributed by atoms with van der Waals surface area (Å²) in [6.07, 6.45) is 4.46. The molecule has 19 heavy (non-hydrogen) atoms. The summed E-state index contributed by atoms with van der Waals surface area (Å²) in [7, 11) is 0. The van der Waals surface area contributed by atoms with Crippen LogP contribution >= 0.6 is 0 Å². The van der Waals surface area contributed by atoms with Gasteiger partial charge in [-0.05, 0) is 32.2 Å². The zero-order chi connectivity index (χ0) is 13.5. The lowest BCUT2D eigenvalue weighted by Gasteiger charge is -2.41. The molecule has 3 fully saturated rings. The molecule has 0 aliphatic carbocycles. The molecule has 2 amide bonds. The van der Waals surface area contributed by atoms with E-state index in [1.54, 1.807) is 0 Å². The molecule has 0 spiro atoms. The highest BCUT2D eigenvalue weighted by atomic mass is 16.2. The van der Waals surface area contributed by atoms with Crippen molar-refractivity contribution in [1.29, 1.82) is 0 Å². The topological polar surface area (TPSA) is 52.7 Å². The number of fused-ring (bicyclic) bond motifs is 1. The van der Waals surface area contributed by atoms with Crippen molar-refractivity contribution in [1.82, 2.24) is 15.1 Å². The first-order chi connectivity index (χ1) is 9.16. The van der Waals surface area contributed by atoms with Crippen LogP contribution in [0.15, 0.2) is 0 Å². The highest BCUT2D eigenvalue weighted by molar-refractivity contribution is 5.87. The van der Waals surface area contributed by atoms with E-state index in [-0.39, 0.29) is 23.4 Å². The third-order valence-corrected chi connectivity index (χ3v) is 5.04. The van der Waals surface area contributed by atoms with Crippen molar-refractivity contribution in [2.24, 2.45) is 0 Å². The van der Waals surface area contributed by atoms with Crippen LogP contribution in [0.3, 0.4) is 0 Å². The maximum absolute atomic E-state index is 12.8. The second kappa shape index (κ2) is 4.78. The summed E-state index contributed by atoms with van der Waals surface area (Å²) in [5.41, 5.74) is -0.329. The fraction of sp³-hybridized carbons (Fsp3) is 0.857. The number of rotatable bonds is 2. The Labute approximate surface area is 114 Å². The molecule has 5 nitrogen and oxygen atoms in total. The summed E-state index contributed by atoms with van der Waals surface area (Å²) in [5, 5.41) is 3.41. The minimum atomic E-state index is -0.329. The molecule has 0 aromatic heterocycles. The first kappa shape index (κ1) is 12.9. The maximum atomic E-state index is 12.8. The molecule has 106 valence electrons. The molecule has 2 unspecified atom stereocenters. The molecule has 2 atom stereocenters. The second-order valence-electron chi connectivity index (χ2n) is 6.00. The molecule has 3 aliphatic rings. The van der Waals surface area contributed by atoms with Gasteiger partial charge in [-0.25, -0.2) is 0 Å². The number of carbonyl (C=O) groups excluding carboxylic acids is 2. The van der Waals surface area contributed by atoms with E-state index in [9.17, 15) is 9.59 Å². The molecule has 0 radical (unpaired) electrons. The number of hydrogen-bond acceptors (Lipinski definition) is 3. The largest absolute Gasteiger partial charge is 0.337 e. The summed E-state index contributed by atoms with van der Waals surface area (Å²) in [6.45, 7) is 5.18. The average Bonchev–Trinajstić information content (AvgIpc) is 3.06. The van der Waals surface area contributed by atoms with Gasteiger partial charge in [0.25, 0.3) is 0 Å². The van der Waals surface area contributed by atoms with Crippen LogP contribution in [0, 0.1) is 0 Å². The zero-order valence-corrected chi connectivity index (χ0v) is 11.7. The number of nitrogens with zero attached hydrogens (tertiary/aromatic N) is 2. The van der Waals surface area contributed by atoms with Crippen LogP contribution in [0.2, 0.25) is 0 Å². The van der Waals surface area contributed by atoms with Gasteiger partial charge in [-0.1, -0.05) is 6.92 Å². The first-order valence-corrected chi connectivity index (χ1v) is 7.50. The Kier molecular flexibility index (Phi) is 3.25. The molecular weight excluding hydrogens is 242 g/mol. The molecule has 3 heterocycles.